The van der Waals surface area contributed by atoms with E-state index in [9.17, 15) is 9.59 Å². The number of ether oxygens (including phenoxy) is 1. The number of hydrogen-bond acceptors (Lipinski definition) is 7. The number of hydrogen-bond donors (Lipinski definition) is 2. The predicted molar refractivity (Wildman–Crippen MR) is 133 cm³/mol. The lowest BCUT2D eigenvalue weighted by Gasteiger charge is -2.08. The smallest absolute Gasteiger partial charge is 0.257 e. The molecule has 176 valence electrons. The molecular formula is C25H27N5O3S. The van der Waals surface area contributed by atoms with Gasteiger partial charge in [-0.3, -0.25) is 9.59 Å². The Morgan fingerprint density at radius 1 is 1.00 bits per heavy atom. The third kappa shape index (κ3) is 9.03. The Morgan fingerprint density at radius 2 is 1.71 bits per heavy atom. The van der Waals surface area contributed by atoms with E-state index >= 15 is 0 Å². The largest absolute Gasteiger partial charge is 0.484 e. The molecule has 0 spiro atoms. The van der Waals surface area contributed by atoms with E-state index in [0.29, 0.717) is 17.5 Å². The molecule has 0 unspecified atom stereocenters. The fourth-order valence-electron chi connectivity index (χ4n) is 2.94. The highest BCUT2D eigenvalue weighted by molar-refractivity contribution is 7.99. The van der Waals surface area contributed by atoms with Crippen LogP contribution in [-0.2, 0) is 16.0 Å². The van der Waals surface area contributed by atoms with E-state index in [1.807, 2.05) is 50.2 Å². The Hall–Kier alpha value is -3.72. The van der Waals surface area contributed by atoms with Crippen molar-refractivity contribution in [2.24, 2.45) is 5.10 Å². The first-order valence-corrected chi connectivity index (χ1v) is 11.8. The average Bonchev–Trinajstić information content (AvgIpc) is 2.82. The van der Waals surface area contributed by atoms with Gasteiger partial charge >= 0.3 is 0 Å². The second-order valence-corrected chi connectivity index (χ2v) is 8.40. The number of amides is 2. The van der Waals surface area contributed by atoms with Gasteiger partial charge in [-0.2, -0.15) is 5.10 Å². The van der Waals surface area contributed by atoms with Crippen LogP contribution in [0, 0.1) is 13.8 Å². The number of carbonyl (C=O) groups excluding carboxylic acids is 2. The molecule has 1 heterocycles. The Balaban J connectivity index is 1.34. The van der Waals surface area contributed by atoms with E-state index in [4.69, 9.17) is 4.74 Å². The topological polar surface area (TPSA) is 106 Å². The highest BCUT2D eigenvalue weighted by Crippen LogP contribution is 2.14. The summed E-state index contributed by atoms with van der Waals surface area (Å²) in [4.78, 5) is 32.5. The van der Waals surface area contributed by atoms with E-state index < -0.39 is 0 Å². The molecule has 1 aromatic heterocycles. The number of nitrogens with zero attached hydrogens (tertiary/aromatic N) is 3. The molecule has 2 aromatic carbocycles. The van der Waals surface area contributed by atoms with E-state index in [0.717, 1.165) is 23.4 Å². The van der Waals surface area contributed by atoms with Crippen LogP contribution in [0.15, 0.2) is 70.9 Å². The minimum absolute atomic E-state index is 0.0554. The second-order valence-electron chi connectivity index (χ2n) is 7.46. The fourth-order valence-corrected chi connectivity index (χ4v) is 3.68. The Bertz CT molecular complexity index is 1100. The zero-order valence-electron chi connectivity index (χ0n) is 19.2. The van der Waals surface area contributed by atoms with Crippen molar-refractivity contribution in [3.05, 3.63) is 83.2 Å². The van der Waals surface area contributed by atoms with Gasteiger partial charge in [0.05, 0.1) is 12.0 Å². The third-order valence-electron chi connectivity index (χ3n) is 4.53. The Kier molecular flexibility index (Phi) is 9.60. The second kappa shape index (κ2) is 13.1. The summed E-state index contributed by atoms with van der Waals surface area (Å²) in [5.41, 5.74) is 6.17. The first-order valence-electron chi connectivity index (χ1n) is 10.8. The van der Waals surface area contributed by atoms with Crippen molar-refractivity contribution in [1.29, 1.82) is 0 Å². The number of aromatic nitrogens is 2. The SMILES string of the molecule is Cc1cc(C)nc(SCC(=O)N/N=C/c2ccc(OCC(=O)NCCc3ccccc3)cc2)n1. The van der Waals surface area contributed by atoms with Crippen molar-refractivity contribution in [2.45, 2.75) is 25.4 Å². The van der Waals surface area contributed by atoms with Gasteiger partial charge in [0.15, 0.2) is 11.8 Å². The molecule has 8 nitrogen and oxygen atoms in total. The Labute approximate surface area is 203 Å². The highest BCUT2D eigenvalue weighted by Gasteiger charge is 2.06. The molecule has 9 heteroatoms. The minimum atomic E-state index is -0.248. The van der Waals surface area contributed by atoms with Gasteiger partial charge in [-0.15, -0.1) is 0 Å². The van der Waals surface area contributed by atoms with E-state index in [-0.39, 0.29) is 24.2 Å². The van der Waals surface area contributed by atoms with Crippen LogP contribution < -0.4 is 15.5 Å². The number of thioether (sulfide) groups is 1. The molecular weight excluding hydrogens is 450 g/mol. The van der Waals surface area contributed by atoms with Crippen LogP contribution in [0.2, 0.25) is 0 Å². The van der Waals surface area contributed by atoms with Crippen LogP contribution in [-0.4, -0.2) is 46.9 Å². The average molecular weight is 478 g/mol. The molecule has 0 bridgehead atoms. The summed E-state index contributed by atoms with van der Waals surface area (Å²) in [5, 5.41) is 7.38. The lowest BCUT2D eigenvalue weighted by atomic mass is 10.1. The highest BCUT2D eigenvalue weighted by atomic mass is 32.2. The number of carbonyl (C=O) groups is 2. The molecule has 0 saturated carbocycles. The maximum Gasteiger partial charge on any atom is 0.257 e. The monoisotopic (exact) mass is 477 g/mol. The van der Waals surface area contributed by atoms with Crippen LogP contribution in [0.1, 0.15) is 22.5 Å². The molecule has 0 aliphatic rings. The van der Waals surface area contributed by atoms with Crippen molar-refractivity contribution >= 4 is 29.8 Å². The molecule has 0 fully saturated rings. The van der Waals surface area contributed by atoms with Crippen LogP contribution in [0.4, 0.5) is 0 Å². The first kappa shape index (κ1) is 24.9. The van der Waals surface area contributed by atoms with Crippen LogP contribution in [0.25, 0.3) is 0 Å². The summed E-state index contributed by atoms with van der Waals surface area (Å²) >= 11 is 1.26. The minimum Gasteiger partial charge on any atom is -0.484 e. The van der Waals surface area contributed by atoms with Gasteiger partial charge in [0.2, 0.25) is 0 Å². The van der Waals surface area contributed by atoms with E-state index in [2.05, 4.69) is 25.8 Å². The summed E-state index contributed by atoms with van der Waals surface area (Å²) in [6.45, 7) is 4.28. The number of hydrazone groups is 1. The first-order chi connectivity index (χ1) is 16.5. The molecule has 34 heavy (non-hydrogen) atoms. The summed E-state index contributed by atoms with van der Waals surface area (Å²) in [5.74, 6) is 0.320. The van der Waals surface area contributed by atoms with Crippen molar-refractivity contribution in [3.8, 4) is 5.75 Å². The quantitative estimate of drug-likeness (QED) is 0.190. The van der Waals surface area contributed by atoms with Gasteiger partial charge in [0, 0.05) is 17.9 Å². The van der Waals surface area contributed by atoms with Crippen molar-refractivity contribution < 1.29 is 14.3 Å². The van der Waals surface area contributed by atoms with Crippen molar-refractivity contribution in [1.82, 2.24) is 20.7 Å². The number of nitrogens with one attached hydrogen (secondary N) is 2. The molecule has 3 aromatic rings. The molecule has 0 radical (unpaired) electrons. The lowest BCUT2D eigenvalue weighted by Crippen LogP contribution is -2.30. The maximum atomic E-state index is 12.0. The molecule has 3 rings (SSSR count). The number of rotatable bonds is 11. The maximum absolute atomic E-state index is 12.0. The zero-order chi connectivity index (χ0) is 24.2. The number of benzene rings is 2. The molecule has 0 saturated heterocycles. The van der Waals surface area contributed by atoms with Crippen LogP contribution in [0.5, 0.6) is 5.75 Å². The zero-order valence-corrected chi connectivity index (χ0v) is 20.0. The summed E-state index contributed by atoms with van der Waals surface area (Å²) in [7, 11) is 0. The van der Waals surface area contributed by atoms with Gasteiger partial charge in [-0.05, 0) is 61.7 Å². The lowest BCUT2D eigenvalue weighted by molar-refractivity contribution is -0.123. The van der Waals surface area contributed by atoms with Crippen molar-refractivity contribution in [3.63, 3.8) is 0 Å². The van der Waals surface area contributed by atoms with Crippen LogP contribution in [0.3, 0.4) is 0 Å². The molecule has 0 atom stereocenters. The van der Waals surface area contributed by atoms with E-state index in [1.165, 1.54) is 23.5 Å². The normalized spacial score (nSPS) is 10.8. The standard InChI is InChI=1S/C25H27N5O3S/c1-18-14-19(2)29-25(28-18)34-17-24(32)30-27-15-21-8-10-22(11-9-21)33-16-23(31)26-13-12-20-6-4-3-5-7-20/h3-11,14-15H,12-13,16-17H2,1-2H3,(H,26,31)(H,30,32)/b27-15+. The van der Waals surface area contributed by atoms with Crippen LogP contribution >= 0.6 is 11.8 Å². The number of aryl methyl sites for hydroxylation is 2. The Morgan fingerprint density at radius 3 is 2.41 bits per heavy atom. The van der Waals surface area contributed by atoms with Crippen molar-refractivity contribution in [2.75, 3.05) is 18.9 Å². The van der Waals surface area contributed by atoms with E-state index in [1.54, 1.807) is 24.3 Å². The molecule has 2 amide bonds. The summed E-state index contributed by atoms with van der Waals surface area (Å²) < 4.78 is 5.52. The van der Waals surface area contributed by atoms with Gasteiger partial charge in [0.1, 0.15) is 5.75 Å². The van der Waals surface area contributed by atoms with Gasteiger partial charge < -0.3 is 10.1 Å². The fraction of sp³-hybridized carbons (Fsp3) is 0.240. The van der Waals surface area contributed by atoms with Gasteiger partial charge in [-0.1, -0.05) is 42.1 Å². The molecule has 0 aliphatic carbocycles. The summed E-state index contributed by atoms with van der Waals surface area (Å²) in [6.07, 6.45) is 2.31. The van der Waals surface area contributed by atoms with Gasteiger partial charge in [0.25, 0.3) is 11.8 Å². The molecule has 0 aliphatic heterocycles. The van der Waals surface area contributed by atoms with Gasteiger partial charge in [-0.25, -0.2) is 15.4 Å². The summed E-state index contributed by atoms with van der Waals surface area (Å²) in [6, 6.07) is 18.9. The predicted octanol–water partition coefficient (Wildman–Crippen LogP) is 3.07. The third-order valence-corrected chi connectivity index (χ3v) is 5.37. The molecule has 2 N–H and O–H groups in total.